The first-order valence-corrected chi connectivity index (χ1v) is 12.9. The number of amides is 1. The Balaban J connectivity index is 1.41. The first kappa shape index (κ1) is 22.4. The van der Waals surface area contributed by atoms with E-state index in [1.54, 1.807) is 24.4 Å². The van der Waals surface area contributed by atoms with Crippen LogP contribution in [0.25, 0.3) is 22.0 Å². The lowest BCUT2D eigenvalue weighted by atomic mass is 10.1. The van der Waals surface area contributed by atoms with Crippen LogP contribution in [0, 0.1) is 0 Å². The molecule has 0 spiro atoms. The molecule has 7 heteroatoms. The van der Waals surface area contributed by atoms with E-state index in [4.69, 9.17) is 4.74 Å². The molecule has 0 bridgehead atoms. The van der Waals surface area contributed by atoms with Gasteiger partial charge in [-0.05, 0) is 55.2 Å². The molecule has 3 aromatic carbocycles. The van der Waals surface area contributed by atoms with E-state index in [9.17, 15) is 13.2 Å². The van der Waals surface area contributed by atoms with Crippen molar-refractivity contribution in [2.24, 2.45) is 0 Å². The lowest BCUT2D eigenvalue weighted by Crippen LogP contribution is -2.35. The predicted octanol–water partition coefficient (Wildman–Crippen LogP) is 4.84. The molecule has 1 aliphatic rings. The molecule has 34 heavy (non-hydrogen) atoms. The SMILES string of the molecule is O=C(NCC1CCCCO1)c1ccc(S(=O)(=O)n2cc(-c3ccccc3)c3ccccc32)cc1. The molecule has 5 rings (SSSR count). The third kappa shape index (κ3) is 4.36. The Labute approximate surface area is 199 Å². The summed E-state index contributed by atoms with van der Waals surface area (Å²) >= 11 is 0. The molecular weight excluding hydrogens is 448 g/mol. The number of nitrogens with one attached hydrogen (secondary N) is 1. The van der Waals surface area contributed by atoms with Crippen molar-refractivity contribution < 1.29 is 17.9 Å². The summed E-state index contributed by atoms with van der Waals surface area (Å²) in [5.41, 5.74) is 2.81. The molecule has 6 nitrogen and oxygen atoms in total. The second-order valence-corrected chi connectivity index (χ2v) is 10.3. The van der Waals surface area contributed by atoms with E-state index in [-0.39, 0.29) is 16.9 Å². The zero-order valence-electron chi connectivity index (χ0n) is 18.7. The highest BCUT2D eigenvalue weighted by atomic mass is 32.2. The Morgan fingerprint density at radius 3 is 2.41 bits per heavy atom. The number of hydrogen-bond donors (Lipinski definition) is 1. The van der Waals surface area contributed by atoms with Gasteiger partial charge < -0.3 is 10.1 Å². The summed E-state index contributed by atoms with van der Waals surface area (Å²) in [6.45, 7) is 1.18. The van der Waals surface area contributed by atoms with Crippen molar-refractivity contribution in [3.8, 4) is 11.1 Å². The standard InChI is InChI=1S/C27H26N2O4S/c30-27(28-18-22-10-6-7-17-33-22)21-13-15-23(16-14-21)34(31,32)29-19-25(20-8-2-1-3-9-20)24-11-4-5-12-26(24)29/h1-5,8-9,11-16,19,22H,6-7,10,17-18H2,(H,28,30). The molecule has 174 valence electrons. The fraction of sp³-hybridized carbons (Fsp3) is 0.222. The van der Waals surface area contributed by atoms with Crippen molar-refractivity contribution in [1.82, 2.24) is 9.29 Å². The zero-order chi connectivity index (χ0) is 23.5. The van der Waals surface area contributed by atoms with Crippen LogP contribution in [0.3, 0.4) is 0 Å². The van der Waals surface area contributed by atoms with Gasteiger partial charge >= 0.3 is 0 Å². The van der Waals surface area contributed by atoms with E-state index in [2.05, 4.69) is 5.32 Å². The average molecular weight is 475 g/mol. The normalized spacial score (nSPS) is 16.4. The van der Waals surface area contributed by atoms with E-state index >= 15 is 0 Å². The monoisotopic (exact) mass is 474 g/mol. The van der Waals surface area contributed by atoms with Gasteiger partial charge in [-0.2, -0.15) is 0 Å². The van der Waals surface area contributed by atoms with Gasteiger partial charge in [0.05, 0.1) is 16.5 Å². The number of fused-ring (bicyclic) bond motifs is 1. The summed E-state index contributed by atoms with van der Waals surface area (Å²) in [5.74, 6) is -0.240. The van der Waals surface area contributed by atoms with Crippen LogP contribution in [-0.4, -0.2) is 37.6 Å². The van der Waals surface area contributed by atoms with E-state index in [1.165, 1.54) is 16.1 Å². The van der Waals surface area contributed by atoms with Gasteiger partial charge in [0.25, 0.3) is 15.9 Å². The third-order valence-corrected chi connectivity index (χ3v) is 7.89. The molecule has 1 saturated heterocycles. The Kier molecular flexibility index (Phi) is 6.22. The van der Waals surface area contributed by atoms with E-state index in [0.29, 0.717) is 17.6 Å². The van der Waals surface area contributed by atoms with E-state index in [1.807, 2.05) is 48.5 Å². The molecule has 1 unspecified atom stereocenters. The topological polar surface area (TPSA) is 77.4 Å². The molecule has 1 atom stereocenters. The summed E-state index contributed by atoms with van der Waals surface area (Å²) in [4.78, 5) is 12.7. The Morgan fingerprint density at radius 2 is 1.68 bits per heavy atom. The van der Waals surface area contributed by atoms with Crippen molar-refractivity contribution in [2.45, 2.75) is 30.3 Å². The average Bonchev–Trinajstić information content (AvgIpc) is 3.29. The number of para-hydroxylation sites is 1. The van der Waals surface area contributed by atoms with Crippen molar-refractivity contribution >= 4 is 26.8 Å². The maximum atomic E-state index is 13.6. The van der Waals surface area contributed by atoms with Gasteiger partial charge in [0.2, 0.25) is 0 Å². The minimum atomic E-state index is -3.86. The lowest BCUT2D eigenvalue weighted by molar-refractivity contribution is 0.0169. The van der Waals surface area contributed by atoms with Gasteiger partial charge in [-0.1, -0.05) is 48.5 Å². The second-order valence-electron chi connectivity index (χ2n) is 8.45. The lowest BCUT2D eigenvalue weighted by Gasteiger charge is -2.22. The summed E-state index contributed by atoms with van der Waals surface area (Å²) in [7, 11) is -3.86. The van der Waals surface area contributed by atoms with E-state index < -0.39 is 10.0 Å². The molecule has 4 aromatic rings. The van der Waals surface area contributed by atoms with E-state index in [0.717, 1.165) is 42.4 Å². The largest absolute Gasteiger partial charge is 0.376 e. The van der Waals surface area contributed by atoms with Crippen molar-refractivity contribution in [1.29, 1.82) is 0 Å². The number of carbonyl (C=O) groups excluding carboxylic acids is 1. The number of ether oxygens (including phenoxy) is 1. The van der Waals surface area contributed by atoms with Gasteiger partial charge in [-0.3, -0.25) is 4.79 Å². The fourth-order valence-corrected chi connectivity index (χ4v) is 5.73. The van der Waals surface area contributed by atoms with Gasteiger partial charge in [0, 0.05) is 35.9 Å². The molecule has 0 aliphatic carbocycles. The van der Waals surface area contributed by atoms with Crippen LogP contribution in [0.5, 0.6) is 0 Å². The summed E-state index contributed by atoms with van der Waals surface area (Å²) in [6, 6.07) is 23.2. The molecule has 1 aromatic heterocycles. The molecule has 0 saturated carbocycles. The predicted molar refractivity (Wildman–Crippen MR) is 132 cm³/mol. The van der Waals surface area contributed by atoms with Gasteiger partial charge in [-0.25, -0.2) is 12.4 Å². The third-order valence-electron chi connectivity index (χ3n) is 6.20. The first-order valence-electron chi connectivity index (χ1n) is 11.4. The van der Waals surface area contributed by atoms with Crippen LogP contribution in [-0.2, 0) is 14.8 Å². The summed E-state index contributed by atoms with van der Waals surface area (Å²) in [5, 5.41) is 3.75. The highest BCUT2D eigenvalue weighted by molar-refractivity contribution is 7.90. The Hall–Kier alpha value is -3.42. The first-order chi connectivity index (χ1) is 16.5. The van der Waals surface area contributed by atoms with Crippen LogP contribution in [0.1, 0.15) is 29.6 Å². The number of aromatic nitrogens is 1. The summed E-state index contributed by atoms with van der Waals surface area (Å²) in [6.07, 6.45) is 4.81. The summed E-state index contributed by atoms with van der Waals surface area (Å²) < 4.78 is 34.1. The van der Waals surface area contributed by atoms with Crippen LogP contribution in [0.2, 0.25) is 0 Å². The number of rotatable bonds is 6. The van der Waals surface area contributed by atoms with Gasteiger partial charge in [0.1, 0.15) is 0 Å². The number of hydrogen-bond acceptors (Lipinski definition) is 4. The zero-order valence-corrected chi connectivity index (χ0v) is 19.5. The molecule has 0 radical (unpaired) electrons. The van der Waals surface area contributed by atoms with Crippen LogP contribution in [0.4, 0.5) is 0 Å². The minimum absolute atomic E-state index is 0.0400. The van der Waals surface area contributed by atoms with Crippen LogP contribution >= 0.6 is 0 Å². The Morgan fingerprint density at radius 1 is 0.941 bits per heavy atom. The van der Waals surface area contributed by atoms with Crippen molar-refractivity contribution in [3.05, 3.63) is 90.6 Å². The fourth-order valence-electron chi connectivity index (χ4n) is 4.37. The smallest absolute Gasteiger partial charge is 0.268 e. The van der Waals surface area contributed by atoms with Crippen molar-refractivity contribution in [3.63, 3.8) is 0 Å². The van der Waals surface area contributed by atoms with Gasteiger partial charge in [-0.15, -0.1) is 0 Å². The molecule has 1 aliphatic heterocycles. The van der Waals surface area contributed by atoms with Crippen LogP contribution < -0.4 is 5.32 Å². The van der Waals surface area contributed by atoms with Crippen molar-refractivity contribution in [2.75, 3.05) is 13.2 Å². The minimum Gasteiger partial charge on any atom is -0.376 e. The van der Waals surface area contributed by atoms with Crippen LogP contribution in [0.15, 0.2) is 90.0 Å². The highest BCUT2D eigenvalue weighted by Crippen LogP contribution is 2.33. The number of carbonyl (C=O) groups is 1. The molecule has 1 N–H and O–H groups in total. The highest BCUT2D eigenvalue weighted by Gasteiger charge is 2.22. The molecule has 1 fully saturated rings. The Bertz CT molecular complexity index is 1400. The number of benzene rings is 3. The van der Waals surface area contributed by atoms with Gasteiger partial charge in [0.15, 0.2) is 0 Å². The quantitative estimate of drug-likeness (QED) is 0.434. The molecule has 1 amide bonds. The maximum Gasteiger partial charge on any atom is 0.268 e. The molecule has 2 heterocycles. The number of nitrogens with zero attached hydrogens (tertiary/aromatic N) is 1. The second kappa shape index (κ2) is 9.44. The molecular formula is C27H26N2O4S. The maximum absolute atomic E-state index is 13.6.